The predicted molar refractivity (Wildman–Crippen MR) is 233 cm³/mol. The summed E-state index contributed by atoms with van der Waals surface area (Å²) in [6, 6.07) is 25.3. The van der Waals surface area contributed by atoms with Gasteiger partial charge in [0.15, 0.2) is 5.71 Å². The van der Waals surface area contributed by atoms with Crippen molar-refractivity contribution in [3.63, 3.8) is 0 Å². The smallest absolute Gasteiger partial charge is 0.264 e. The Morgan fingerprint density at radius 2 is 1.42 bits per heavy atom. The first-order valence-electron chi connectivity index (χ1n) is 19.8. The quantitative estimate of drug-likeness (QED) is 0.0810. The molecule has 8 nitrogen and oxygen atoms in total. The Morgan fingerprint density at radius 1 is 0.772 bits per heavy atom. The highest BCUT2D eigenvalue weighted by molar-refractivity contribution is 7.85. The van der Waals surface area contributed by atoms with Crippen molar-refractivity contribution >= 4 is 70.5 Å². The number of rotatable bonds is 13. The first kappa shape index (κ1) is 41.1. The first-order chi connectivity index (χ1) is 27.0. The lowest BCUT2D eigenvalue weighted by Crippen LogP contribution is -2.28. The highest BCUT2D eigenvalue weighted by Gasteiger charge is 2.45. The summed E-state index contributed by atoms with van der Waals surface area (Å²) in [5, 5.41) is 5.43. The lowest BCUT2D eigenvalue weighted by Gasteiger charge is -2.27. The van der Waals surface area contributed by atoms with E-state index in [1.807, 2.05) is 12.1 Å². The van der Waals surface area contributed by atoms with Gasteiger partial charge < -0.3 is 9.45 Å². The fraction of sp³-hybridized carbons (Fsp3) is 0.370. The van der Waals surface area contributed by atoms with Gasteiger partial charge in [-0.25, -0.2) is 8.42 Å². The van der Waals surface area contributed by atoms with Crippen molar-refractivity contribution in [3.8, 4) is 0 Å². The minimum absolute atomic E-state index is 0.267. The number of nitrogens with zero attached hydrogens (tertiary/aromatic N) is 2. The molecule has 0 saturated heterocycles. The minimum atomic E-state index is -4.29. The van der Waals surface area contributed by atoms with Crippen LogP contribution in [-0.4, -0.2) is 60.8 Å². The average molecular weight is 828 g/mol. The molecule has 57 heavy (non-hydrogen) atoms. The molecule has 2 aliphatic heterocycles. The van der Waals surface area contributed by atoms with Crippen LogP contribution in [0, 0.1) is 0 Å². The van der Waals surface area contributed by atoms with Gasteiger partial charge in [0.1, 0.15) is 6.54 Å². The fourth-order valence-electron chi connectivity index (χ4n) is 9.22. The zero-order chi connectivity index (χ0) is 40.8. The van der Waals surface area contributed by atoms with Crippen LogP contribution in [0.5, 0.6) is 0 Å². The maximum absolute atomic E-state index is 11.5. The van der Waals surface area contributed by atoms with Gasteiger partial charge in [-0.15, -0.1) is 0 Å². The number of unbranched alkanes of at least 4 members (excludes halogenated alkanes) is 2. The molecule has 0 aromatic heterocycles. The molecule has 11 heteroatoms. The molecule has 300 valence electrons. The molecule has 0 amide bonds. The summed E-state index contributed by atoms with van der Waals surface area (Å²) in [7, 11) is -8.32. The molecule has 1 aliphatic carbocycles. The summed E-state index contributed by atoms with van der Waals surface area (Å²) in [4.78, 5) is 2.30. The number of benzene rings is 4. The molecule has 0 atom stereocenters. The third-order valence-corrected chi connectivity index (χ3v) is 14.0. The molecular weight excluding hydrogens is 776 g/mol. The van der Waals surface area contributed by atoms with Crippen molar-refractivity contribution in [3.05, 3.63) is 130 Å². The standard InChI is InChI=1S/C46H51ClN2O6S2/c1-45(2)40(48(28-9-11-30-56(50,51)52)38-24-20-32-14-5-7-18-36(32)42(38)45)26-22-34-16-13-17-35(44(34)47)23-27-41-46(3,4)43-37-19-8-6-15-33(37)21-25-39(43)49(41)29-10-12-31-57(53,54)55/h5-8,14-15,18-27H,9-13,16-17,28-31H2,1-4H3,(H-,50,51,52,53,54,55). The maximum Gasteiger partial charge on any atom is 0.264 e. The number of anilines is 1. The van der Waals surface area contributed by atoms with E-state index >= 15 is 0 Å². The van der Waals surface area contributed by atoms with Crippen LogP contribution >= 0.6 is 11.6 Å². The van der Waals surface area contributed by atoms with Crippen molar-refractivity contribution in [1.82, 2.24) is 0 Å². The molecule has 0 bridgehead atoms. The molecule has 0 radical (unpaired) electrons. The van der Waals surface area contributed by atoms with E-state index in [1.54, 1.807) is 0 Å². The van der Waals surface area contributed by atoms with Crippen LogP contribution in [0.2, 0.25) is 0 Å². The van der Waals surface area contributed by atoms with E-state index in [1.165, 1.54) is 27.3 Å². The van der Waals surface area contributed by atoms with Gasteiger partial charge in [-0.3, -0.25) is 4.55 Å². The van der Waals surface area contributed by atoms with Crippen LogP contribution < -0.4 is 4.90 Å². The SMILES string of the molecule is CC1(C)C(/C=C/C2=C(Cl)C(=C/C=C3/N(CCCCS(=O)(=O)O)c4ccc5ccccc5c4C3(C)C)/CCC2)=[N+](CCCCS(=O)(=O)[O-])c2ccc3ccccc3c21. The van der Waals surface area contributed by atoms with Gasteiger partial charge in [-0.2, -0.15) is 13.0 Å². The third kappa shape index (κ3) is 8.43. The Balaban J connectivity index is 1.24. The zero-order valence-corrected chi connectivity index (χ0v) is 35.5. The number of hydrogen-bond acceptors (Lipinski definition) is 6. The molecule has 2 heterocycles. The van der Waals surface area contributed by atoms with Gasteiger partial charge in [0.25, 0.3) is 10.1 Å². The number of allylic oxidation sites excluding steroid dienone is 8. The Bertz CT molecular complexity index is 2640. The Labute approximate surface area is 342 Å². The van der Waals surface area contributed by atoms with Crippen molar-refractivity contribution < 1.29 is 30.5 Å². The van der Waals surface area contributed by atoms with E-state index in [2.05, 4.69) is 122 Å². The Hall–Kier alpha value is -4.06. The predicted octanol–water partition coefficient (Wildman–Crippen LogP) is 10.2. The second kappa shape index (κ2) is 15.9. The van der Waals surface area contributed by atoms with Crippen molar-refractivity contribution in [2.45, 2.75) is 83.5 Å². The molecule has 0 unspecified atom stereocenters. The van der Waals surface area contributed by atoms with E-state index < -0.39 is 20.2 Å². The molecule has 4 aromatic carbocycles. The second-order valence-corrected chi connectivity index (χ2v) is 20.0. The van der Waals surface area contributed by atoms with Crippen LogP contribution in [-0.2, 0) is 31.1 Å². The lowest BCUT2D eigenvalue weighted by molar-refractivity contribution is -0.438. The van der Waals surface area contributed by atoms with E-state index in [0.717, 1.165) is 63.6 Å². The molecule has 0 fully saturated rings. The Kier molecular flexibility index (Phi) is 11.5. The Morgan fingerprint density at radius 3 is 2.11 bits per heavy atom. The maximum atomic E-state index is 11.5. The van der Waals surface area contributed by atoms with Gasteiger partial charge in [0.2, 0.25) is 5.69 Å². The highest BCUT2D eigenvalue weighted by Crippen LogP contribution is 2.51. The largest absolute Gasteiger partial charge is 0.748 e. The average Bonchev–Trinajstić information content (AvgIpc) is 3.51. The summed E-state index contributed by atoms with van der Waals surface area (Å²) < 4.78 is 68.8. The molecular formula is C46H51ClN2O6S2. The molecule has 0 saturated carbocycles. The van der Waals surface area contributed by atoms with Crippen LogP contribution in [0.3, 0.4) is 0 Å². The second-order valence-electron chi connectivity index (χ2n) is 16.5. The number of fused-ring (bicyclic) bond motifs is 6. The van der Waals surface area contributed by atoms with E-state index in [4.69, 9.17) is 11.6 Å². The molecule has 7 rings (SSSR count). The minimum Gasteiger partial charge on any atom is -0.748 e. The number of halogens is 1. The van der Waals surface area contributed by atoms with Crippen molar-refractivity contribution in [2.24, 2.45) is 0 Å². The third-order valence-electron chi connectivity index (χ3n) is 11.9. The van der Waals surface area contributed by atoms with Gasteiger partial charge >= 0.3 is 0 Å². The normalized spacial score (nSPS) is 19.5. The summed E-state index contributed by atoms with van der Waals surface area (Å²) in [5.74, 6) is -0.642. The van der Waals surface area contributed by atoms with E-state index in [0.29, 0.717) is 38.8 Å². The van der Waals surface area contributed by atoms with Gasteiger partial charge in [0, 0.05) is 58.3 Å². The van der Waals surface area contributed by atoms with Gasteiger partial charge in [-0.05, 0) is 109 Å². The van der Waals surface area contributed by atoms with Crippen LogP contribution in [0.4, 0.5) is 11.4 Å². The monoisotopic (exact) mass is 826 g/mol. The molecule has 3 aliphatic rings. The molecule has 1 N–H and O–H groups in total. The lowest BCUT2D eigenvalue weighted by atomic mass is 9.78. The summed E-state index contributed by atoms with van der Waals surface area (Å²) in [5.41, 5.74) is 8.25. The highest BCUT2D eigenvalue weighted by atomic mass is 35.5. The first-order valence-corrected chi connectivity index (χ1v) is 23.4. The topological polar surface area (TPSA) is 118 Å². The molecule has 0 spiro atoms. The van der Waals surface area contributed by atoms with Gasteiger partial charge in [0.05, 0.1) is 21.3 Å². The zero-order valence-electron chi connectivity index (χ0n) is 33.1. The van der Waals surface area contributed by atoms with Crippen LogP contribution in [0.25, 0.3) is 21.5 Å². The van der Waals surface area contributed by atoms with E-state index in [-0.39, 0.29) is 22.3 Å². The van der Waals surface area contributed by atoms with Crippen molar-refractivity contribution in [2.75, 3.05) is 29.5 Å². The summed E-state index contributed by atoms with van der Waals surface area (Å²) in [6.07, 6.45) is 13.1. The van der Waals surface area contributed by atoms with Crippen molar-refractivity contribution in [1.29, 1.82) is 0 Å². The van der Waals surface area contributed by atoms with Gasteiger partial charge in [-0.1, -0.05) is 92.2 Å². The van der Waals surface area contributed by atoms with E-state index in [9.17, 15) is 25.9 Å². The van der Waals surface area contributed by atoms with Crippen LogP contribution in [0.15, 0.2) is 119 Å². The number of hydrogen-bond donors (Lipinski definition) is 1. The summed E-state index contributed by atoms with van der Waals surface area (Å²) in [6.45, 7) is 10.1. The van der Waals surface area contributed by atoms with Crippen LogP contribution in [0.1, 0.15) is 83.8 Å². The summed E-state index contributed by atoms with van der Waals surface area (Å²) >= 11 is 7.29. The molecule has 4 aromatic rings. The fourth-order valence-corrected chi connectivity index (χ4v) is 10.7.